The van der Waals surface area contributed by atoms with Gasteiger partial charge in [-0.2, -0.15) is 0 Å². The van der Waals surface area contributed by atoms with Crippen molar-refractivity contribution in [3.63, 3.8) is 0 Å². The fourth-order valence-electron chi connectivity index (χ4n) is 0.348. The molecule has 0 aliphatic carbocycles. The molecule has 1 saturated heterocycles. The summed E-state index contributed by atoms with van der Waals surface area (Å²) in [6.45, 7) is 2.66. The van der Waals surface area contributed by atoms with Gasteiger partial charge in [0.2, 0.25) is 5.91 Å². The lowest BCUT2D eigenvalue weighted by Crippen LogP contribution is -2.11. The van der Waals surface area contributed by atoms with E-state index >= 15 is 0 Å². The Kier molecular flexibility index (Phi) is 4.89. The summed E-state index contributed by atoms with van der Waals surface area (Å²) in [6, 6.07) is 0. The van der Waals surface area contributed by atoms with Crippen LogP contribution in [0, 0.1) is 0 Å². The zero-order valence-corrected chi connectivity index (χ0v) is 6.64. The summed E-state index contributed by atoms with van der Waals surface area (Å²) in [5.41, 5.74) is 0. The number of amides is 2. The molecule has 64 valence electrons. The minimum absolute atomic E-state index is 0.00463. The third-order valence-corrected chi connectivity index (χ3v) is 0.957. The van der Waals surface area contributed by atoms with E-state index in [2.05, 4.69) is 15.4 Å². The first-order valence-electron chi connectivity index (χ1n) is 3.25. The van der Waals surface area contributed by atoms with Crippen molar-refractivity contribution in [2.75, 3.05) is 20.2 Å². The molecule has 1 fully saturated rings. The quantitative estimate of drug-likeness (QED) is 0.501. The fraction of sp³-hybridized carbons (Fsp3) is 0.667. The van der Waals surface area contributed by atoms with Gasteiger partial charge in [0.05, 0.1) is 6.54 Å². The van der Waals surface area contributed by atoms with Crippen molar-refractivity contribution in [3.05, 3.63) is 0 Å². The molecule has 5 nitrogen and oxygen atoms in total. The molecule has 0 radical (unpaired) electrons. The first kappa shape index (κ1) is 9.74. The van der Waals surface area contributed by atoms with Gasteiger partial charge < -0.3 is 15.4 Å². The van der Waals surface area contributed by atoms with Crippen LogP contribution in [0.5, 0.6) is 0 Å². The van der Waals surface area contributed by atoms with Crippen LogP contribution in [0.15, 0.2) is 0 Å². The molecular weight excluding hydrogens is 148 g/mol. The third-order valence-electron chi connectivity index (χ3n) is 0.957. The number of cyclic esters (lactones) is 1. The molecule has 0 aromatic carbocycles. The summed E-state index contributed by atoms with van der Waals surface area (Å²) in [7, 11) is 1.60. The number of nitrogens with one attached hydrogen (secondary N) is 2. The average molecular weight is 160 g/mol. The van der Waals surface area contributed by atoms with Crippen LogP contribution in [0.1, 0.15) is 6.92 Å². The van der Waals surface area contributed by atoms with Crippen LogP contribution in [-0.2, 0) is 9.53 Å². The molecule has 0 spiro atoms. The molecule has 1 rings (SSSR count). The average Bonchev–Trinajstić information content (AvgIpc) is 2.41. The summed E-state index contributed by atoms with van der Waals surface area (Å²) in [4.78, 5) is 19.6. The third kappa shape index (κ3) is 6.63. The van der Waals surface area contributed by atoms with Gasteiger partial charge in [-0.1, -0.05) is 0 Å². The maximum Gasteiger partial charge on any atom is 0.407 e. The Labute approximate surface area is 65.1 Å². The first-order valence-corrected chi connectivity index (χ1v) is 3.25. The summed E-state index contributed by atoms with van der Waals surface area (Å²) < 4.78 is 4.40. The van der Waals surface area contributed by atoms with Gasteiger partial charge in [-0.15, -0.1) is 0 Å². The highest BCUT2D eigenvalue weighted by Gasteiger charge is 2.06. The van der Waals surface area contributed by atoms with E-state index in [1.165, 1.54) is 6.92 Å². The lowest BCUT2D eigenvalue weighted by Gasteiger charge is -1.80. The number of carbonyl (C=O) groups is 2. The van der Waals surface area contributed by atoms with Crippen molar-refractivity contribution in [2.45, 2.75) is 6.92 Å². The SMILES string of the molecule is CNC(C)=O.O=C1NCCO1. The van der Waals surface area contributed by atoms with Crippen molar-refractivity contribution < 1.29 is 14.3 Å². The van der Waals surface area contributed by atoms with Crippen molar-refractivity contribution >= 4 is 12.0 Å². The van der Waals surface area contributed by atoms with Gasteiger partial charge in [-0.3, -0.25) is 4.79 Å². The maximum absolute atomic E-state index is 9.91. The van der Waals surface area contributed by atoms with E-state index in [1.807, 2.05) is 0 Å². The minimum Gasteiger partial charge on any atom is -0.448 e. The van der Waals surface area contributed by atoms with Gasteiger partial charge >= 0.3 is 6.09 Å². The van der Waals surface area contributed by atoms with Crippen LogP contribution < -0.4 is 10.6 Å². The predicted octanol–water partition coefficient (Wildman–Crippen LogP) is -0.521. The van der Waals surface area contributed by atoms with E-state index in [-0.39, 0.29) is 12.0 Å². The monoisotopic (exact) mass is 160 g/mol. The molecule has 0 aromatic heterocycles. The highest BCUT2D eigenvalue weighted by Crippen LogP contribution is 1.82. The Hall–Kier alpha value is -1.26. The molecule has 1 aliphatic rings. The second-order valence-electron chi connectivity index (χ2n) is 1.87. The lowest BCUT2D eigenvalue weighted by molar-refractivity contribution is -0.118. The molecule has 2 N–H and O–H groups in total. The number of rotatable bonds is 0. The van der Waals surface area contributed by atoms with Gasteiger partial charge in [-0.05, 0) is 0 Å². The highest BCUT2D eigenvalue weighted by atomic mass is 16.6. The number of carbonyl (C=O) groups excluding carboxylic acids is 2. The van der Waals surface area contributed by atoms with Crippen molar-refractivity contribution in [1.82, 2.24) is 10.6 Å². The van der Waals surface area contributed by atoms with Crippen LogP contribution in [0.25, 0.3) is 0 Å². The lowest BCUT2D eigenvalue weighted by atomic mass is 10.7. The summed E-state index contributed by atoms with van der Waals surface area (Å²) in [6.07, 6.45) is -0.296. The maximum atomic E-state index is 9.91. The van der Waals surface area contributed by atoms with Crippen LogP contribution in [0.4, 0.5) is 4.79 Å². The summed E-state index contributed by atoms with van der Waals surface area (Å²) in [5.74, 6) is 0.00463. The van der Waals surface area contributed by atoms with Gasteiger partial charge in [-0.25, -0.2) is 4.79 Å². The smallest absolute Gasteiger partial charge is 0.407 e. The zero-order chi connectivity index (χ0) is 8.69. The molecule has 0 saturated carbocycles. The Morgan fingerprint density at radius 1 is 1.73 bits per heavy atom. The van der Waals surface area contributed by atoms with E-state index < -0.39 is 0 Å². The molecule has 5 heteroatoms. The van der Waals surface area contributed by atoms with Crippen LogP contribution >= 0.6 is 0 Å². The molecule has 1 aliphatic heterocycles. The fourth-order valence-corrected chi connectivity index (χ4v) is 0.348. The second-order valence-corrected chi connectivity index (χ2v) is 1.87. The van der Waals surface area contributed by atoms with E-state index in [1.54, 1.807) is 7.05 Å². The highest BCUT2D eigenvalue weighted by molar-refractivity contribution is 5.72. The molecule has 1 heterocycles. The normalized spacial score (nSPS) is 13.8. The van der Waals surface area contributed by atoms with Crippen LogP contribution in [0.3, 0.4) is 0 Å². The first-order chi connectivity index (χ1) is 5.16. The van der Waals surface area contributed by atoms with Crippen molar-refractivity contribution in [1.29, 1.82) is 0 Å². The van der Waals surface area contributed by atoms with E-state index in [4.69, 9.17) is 0 Å². The Morgan fingerprint density at radius 2 is 2.27 bits per heavy atom. The van der Waals surface area contributed by atoms with E-state index in [9.17, 15) is 9.59 Å². The molecule has 0 atom stereocenters. The number of alkyl carbamates (subject to hydrolysis) is 1. The van der Waals surface area contributed by atoms with Gasteiger partial charge in [0.25, 0.3) is 0 Å². The Morgan fingerprint density at radius 3 is 2.36 bits per heavy atom. The molecular formula is C6H12N2O3. The topological polar surface area (TPSA) is 67.4 Å². The minimum atomic E-state index is -0.296. The van der Waals surface area contributed by atoms with E-state index in [0.29, 0.717) is 13.2 Å². The van der Waals surface area contributed by atoms with Crippen LogP contribution in [0.2, 0.25) is 0 Å². The van der Waals surface area contributed by atoms with Crippen molar-refractivity contribution in [2.24, 2.45) is 0 Å². The molecule has 11 heavy (non-hydrogen) atoms. The largest absolute Gasteiger partial charge is 0.448 e. The molecule has 0 bridgehead atoms. The number of ether oxygens (including phenoxy) is 1. The van der Waals surface area contributed by atoms with E-state index in [0.717, 1.165) is 0 Å². The van der Waals surface area contributed by atoms with Gasteiger partial charge in [0.15, 0.2) is 0 Å². The number of hydrogen-bond donors (Lipinski definition) is 2. The standard InChI is InChI=1S/C3H5NO2.C3H7NO/c5-3-4-1-2-6-3;1-3(5)4-2/h1-2H2,(H,4,5);1-2H3,(H,4,5). The molecule has 0 aromatic rings. The summed E-state index contributed by atoms with van der Waals surface area (Å²) in [5, 5.41) is 4.85. The second kappa shape index (κ2) is 5.52. The van der Waals surface area contributed by atoms with Gasteiger partial charge in [0, 0.05) is 14.0 Å². The molecule has 2 amide bonds. The predicted molar refractivity (Wildman–Crippen MR) is 39.1 cm³/mol. The Balaban J connectivity index is 0.000000187. The summed E-state index contributed by atoms with van der Waals surface area (Å²) >= 11 is 0. The van der Waals surface area contributed by atoms with Crippen molar-refractivity contribution in [3.8, 4) is 0 Å². The molecule has 0 unspecified atom stereocenters. The Bertz CT molecular complexity index is 139. The van der Waals surface area contributed by atoms with Crippen LogP contribution in [-0.4, -0.2) is 32.2 Å². The number of hydrogen-bond acceptors (Lipinski definition) is 3. The zero-order valence-electron chi connectivity index (χ0n) is 6.64. The van der Waals surface area contributed by atoms with Gasteiger partial charge in [0.1, 0.15) is 6.61 Å².